The van der Waals surface area contributed by atoms with Gasteiger partial charge in [-0.3, -0.25) is 9.69 Å². The van der Waals surface area contributed by atoms with Gasteiger partial charge in [-0.25, -0.2) is 0 Å². The van der Waals surface area contributed by atoms with Crippen LogP contribution in [0.15, 0.2) is 18.2 Å². The molecule has 0 saturated carbocycles. The van der Waals surface area contributed by atoms with E-state index >= 15 is 0 Å². The van der Waals surface area contributed by atoms with Crippen molar-refractivity contribution in [3.8, 4) is 0 Å². The Balaban J connectivity index is 1.73. The molecule has 108 valence electrons. The highest BCUT2D eigenvalue weighted by Gasteiger charge is 2.40. The van der Waals surface area contributed by atoms with E-state index in [9.17, 15) is 9.90 Å². The van der Waals surface area contributed by atoms with Gasteiger partial charge in [0.05, 0.1) is 12.6 Å². The SMILES string of the molecule is Cc1ccc(C(=O)CN2C3CCC2CC(O)C3)c(C)c1. The first-order valence-electron chi connectivity index (χ1n) is 7.59. The number of benzene rings is 1. The number of piperidine rings is 1. The fourth-order valence-electron chi connectivity index (χ4n) is 3.88. The van der Waals surface area contributed by atoms with Crippen molar-refractivity contribution >= 4 is 5.78 Å². The van der Waals surface area contributed by atoms with E-state index in [0.717, 1.165) is 36.8 Å². The number of carbonyl (C=O) groups excluding carboxylic acids is 1. The Labute approximate surface area is 120 Å². The zero-order chi connectivity index (χ0) is 14.3. The molecule has 0 aromatic heterocycles. The van der Waals surface area contributed by atoms with E-state index in [2.05, 4.69) is 11.0 Å². The Hall–Kier alpha value is -1.19. The smallest absolute Gasteiger partial charge is 0.177 e. The fraction of sp³-hybridized carbons (Fsp3) is 0.588. The largest absolute Gasteiger partial charge is 0.393 e. The molecule has 0 aliphatic carbocycles. The van der Waals surface area contributed by atoms with Gasteiger partial charge >= 0.3 is 0 Å². The Morgan fingerprint density at radius 1 is 1.25 bits per heavy atom. The first kappa shape index (κ1) is 13.8. The van der Waals surface area contributed by atoms with Gasteiger partial charge in [-0.1, -0.05) is 23.8 Å². The molecule has 2 saturated heterocycles. The van der Waals surface area contributed by atoms with E-state index in [1.807, 2.05) is 26.0 Å². The molecule has 1 aromatic rings. The summed E-state index contributed by atoms with van der Waals surface area (Å²) in [5.41, 5.74) is 3.11. The van der Waals surface area contributed by atoms with E-state index in [1.165, 1.54) is 5.56 Å². The van der Waals surface area contributed by atoms with Crippen LogP contribution >= 0.6 is 0 Å². The van der Waals surface area contributed by atoms with Gasteiger partial charge in [0.1, 0.15) is 0 Å². The van der Waals surface area contributed by atoms with Crippen LogP contribution in [0.1, 0.15) is 47.2 Å². The van der Waals surface area contributed by atoms with Gasteiger partial charge in [0, 0.05) is 17.6 Å². The number of Topliss-reactive ketones (excluding diaryl/α,β-unsaturated/α-hetero) is 1. The lowest BCUT2D eigenvalue weighted by Gasteiger charge is -2.36. The fourth-order valence-corrected chi connectivity index (χ4v) is 3.88. The number of fused-ring (bicyclic) bond motifs is 2. The number of carbonyl (C=O) groups is 1. The molecule has 3 rings (SSSR count). The van der Waals surface area contributed by atoms with E-state index in [1.54, 1.807) is 0 Å². The normalized spacial score (nSPS) is 29.6. The Kier molecular flexibility index (Phi) is 3.65. The first-order chi connectivity index (χ1) is 9.54. The van der Waals surface area contributed by atoms with Crippen molar-refractivity contribution in [3.63, 3.8) is 0 Å². The van der Waals surface area contributed by atoms with Crippen LogP contribution in [0.25, 0.3) is 0 Å². The third-order valence-corrected chi connectivity index (χ3v) is 4.87. The highest BCUT2D eigenvalue weighted by atomic mass is 16.3. The highest BCUT2D eigenvalue weighted by molar-refractivity contribution is 5.99. The number of nitrogens with zero attached hydrogens (tertiary/aromatic N) is 1. The van der Waals surface area contributed by atoms with Gasteiger partial charge in [-0.15, -0.1) is 0 Å². The van der Waals surface area contributed by atoms with Crippen LogP contribution in [0, 0.1) is 13.8 Å². The molecule has 3 heteroatoms. The summed E-state index contributed by atoms with van der Waals surface area (Å²) in [7, 11) is 0. The van der Waals surface area contributed by atoms with Crippen LogP contribution in [0.4, 0.5) is 0 Å². The van der Waals surface area contributed by atoms with Gasteiger partial charge in [0.2, 0.25) is 0 Å². The summed E-state index contributed by atoms with van der Waals surface area (Å²) in [6, 6.07) is 6.83. The minimum Gasteiger partial charge on any atom is -0.393 e. The summed E-state index contributed by atoms with van der Waals surface area (Å²) in [6.07, 6.45) is 3.75. The minimum atomic E-state index is -0.167. The van der Waals surface area contributed by atoms with E-state index in [-0.39, 0.29) is 11.9 Å². The number of hydrogen-bond donors (Lipinski definition) is 1. The standard InChI is InChI=1S/C17H23NO2/c1-11-3-6-16(12(2)7-11)17(20)10-18-13-4-5-14(18)9-15(19)8-13/h3,6-7,13-15,19H,4-5,8-10H2,1-2H3. The average Bonchev–Trinajstić information content (AvgIpc) is 2.62. The third kappa shape index (κ3) is 2.52. The Morgan fingerprint density at radius 2 is 1.90 bits per heavy atom. The molecule has 2 heterocycles. The van der Waals surface area contributed by atoms with Crippen molar-refractivity contribution in [1.29, 1.82) is 0 Å². The maximum Gasteiger partial charge on any atom is 0.177 e. The van der Waals surface area contributed by atoms with Gasteiger partial charge in [-0.05, 0) is 45.1 Å². The summed E-state index contributed by atoms with van der Waals surface area (Å²) < 4.78 is 0. The van der Waals surface area contributed by atoms with Crippen LogP contribution in [0.5, 0.6) is 0 Å². The molecule has 2 atom stereocenters. The summed E-state index contributed by atoms with van der Waals surface area (Å²) in [5, 5.41) is 9.82. The molecular weight excluding hydrogens is 250 g/mol. The molecule has 3 nitrogen and oxygen atoms in total. The van der Waals surface area contributed by atoms with Crippen molar-refractivity contribution in [3.05, 3.63) is 34.9 Å². The predicted molar refractivity (Wildman–Crippen MR) is 79.0 cm³/mol. The molecular formula is C17H23NO2. The number of hydrogen-bond acceptors (Lipinski definition) is 3. The van der Waals surface area contributed by atoms with Crippen molar-refractivity contribution in [1.82, 2.24) is 4.90 Å². The highest BCUT2D eigenvalue weighted by Crippen LogP contribution is 2.35. The second-order valence-corrected chi connectivity index (χ2v) is 6.42. The predicted octanol–water partition coefficient (Wildman–Crippen LogP) is 2.47. The molecule has 20 heavy (non-hydrogen) atoms. The zero-order valence-electron chi connectivity index (χ0n) is 12.3. The van der Waals surface area contributed by atoms with E-state index in [4.69, 9.17) is 0 Å². The van der Waals surface area contributed by atoms with Crippen LogP contribution in [-0.2, 0) is 0 Å². The molecule has 0 spiro atoms. The first-order valence-corrected chi connectivity index (χ1v) is 7.59. The van der Waals surface area contributed by atoms with Crippen molar-refractivity contribution in [2.24, 2.45) is 0 Å². The van der Waals surface area contributed by atoms with Crippen molar-refractivity contribution in [2.45, 2.75) is 57.7 Å². The number of rotatable bonds is 3. The lowest BCUT2D eigenvalue weighted by atomic mass is 9.97. The molecule has 2 bridgehead atoms. The topological polar surface area (TPSA) is 40.5 Å². The molecule has 2 aliphatic rings. The molecule has 1 N–H and O–H groups in total. The average molecular weight is 273 g/mol. The molecule has 2 unspecified atom stereocenters. The summed E-state index contributed by atoms with van der Waals surface area (Å²) >= 11 is 0. The van der Waals surface area contributed by atoms with Crippen LogP contribution in [0.3, 0.4) is 0 Å². The monoisotopic (exact) mass is 273 g/mol. The molecule has 2 fully saturated rings. The number of ketones is 1. The maximum absolute atomic E-state index is 12.5. The van der Waals surface area contributed by atoms with Crippen LogP contribution in [-0.4, -0.2) is 40.5 Å². The molecule has 0 amide bonds. The zero-order valence-corrected chi connectivity index (χ0v) is 12.3. The Bertz CT molecular complexity index is 512. The molecule has 0 radical (unpaired) electrons. The van der Waals surface area contributed by atoms with E-state index in [0.29, 0.717) is 18.6 Å². The summed E-state index contributed by atoms with van der Waals surface area (Å²) in [5.74, 6) is 0.218. The van der Waals surface area contributed by atoms with Crippen LogP contribution in [0.2, 0.25) is 0 Å². The molecule has 2 aliphatic heterocycles. The van der Waals surface area contributed by atoms with Crippen LogP contribution < -0.4 is 0 Å². The lowest BCUT2D eigenvalue weighted by Crippen LogP contribution is -2.46. The molecule has 1 aromatic carbocycles. The summed E-state index contributed by atoms with van der Waals surface area (Å²) in [6.45, 7) is 4.56. The quantitative estimate of drug-likeness (QED) is 0.860. The van der Waals surface area contributed by atoms with Crippen molar-refractivity contribution in [2.75, 3.05) is 6.54 Å². The summed E-state index contributed by atoms with van der Waals surface area (Å²) in [4.78, 5) is 14.9. The van der Waals surface area contributed by atoms with Crippen molar-refractivity contribution < 1.29 is 9.90 Å². The van der Waals surface area contributed by atoms with E-state index < -0.39 is 0 Å². The van der Waals surface area contributed by atoms with Gasteiger partial charge < -0.3 is 5.11 Å². The van der Waals surface area contributed by atoms with Gasteiger partial charge in [0.15, 0.2) is 5.78 Å². The second-order valence-electron chi connectivity index (χ2n) is 6.42. The third-order valence-electron chi connectivity index (χ3n) is 4.87. The number of aliphatic hydroxyl groups is 1. The number of aliphatic hydroxyl groups excluding tert-OH is 1. The Morgan fingerprint density at radius 3 is 2.50 bits per heavy atom. The number of aryl methyl sites for hydroxylation is 2. The second kappa shape index (κ2) is 5.30. The minimum absolute atomic E-state index is 0.167. The maximum atomic E-state index is 12.5. The lowest BCUT2D eigenvalue weighted by molar-refractivity contribution is 0.0344. The van der Waals surface area contributed by atoms with Gasteiger partial charge in [-0.2, -0.15) is 0 Å². The van der Waals surface area contributed by atoms with Gasteiger partial charge in [0.25, 0.3) is 0 Å².